The van der Waals surface area contributed by atoms with Gasteiger partial charge in [-0.05, 0) is 67.2 Å². The van der Waals surface area contributed by atoms with E-state index < -0.39 is 0 Å². The van der Waals surface area contributed by atoms with E-state index in [4.69, 9.17) is 9.47 Å². The van der Waals surface area contributed by atoms with Gasteiger partial charge in [-0.1, -0.05) is 24.3 Å². The summed E-state index contributed by atoms with van der Waals surface area (Å²) in [5.41, 5.74) is 2.79. The molecule has 3 saturated heterocycles. The van der Waals surface area contributed by atoms with Crippen LogP contribution in [-0.4, -0.2) is 43.8 Å². The third-order valence-corrected chi connectivity index (χ3v) is 5.37. The van der Waals surface area contributed by atoms with E-state index in [0.29, 0.717) is 5.92 Å². The second kappa shape index (κ2) is 7.38. The van der Waals surface area contributed by atoms with Gasteiger partial charge in [0.1, 0.15) is 11.9 Å². The van der Waals surface area contributed by atoms with E-state index in [1.807, 2.05) is 48.5 Å². The fourth-order valence-corrected chi connectivity index (χ4v) is 3.91. The standard InChI is InChI=1S/C21H24N2O3/c1-25-19-7-3-5-17(13-19)16-4-2-6-18(12-16)22-21(24)26-20-14-23-10-8-15(20)9-11-23/h2-7,12-13,15,20H,8-11,14H2,1H3,(H,22,24). The summed E-state index contributed by atoms with van der Waals surface area (Å²) in [6, 6.07) is 15.6. The summed E-state index contributed by atoms with van der Waals surface area (Å²) in [7, 11) is 1.65. The van der Waals surface area contributed by atoms with Crippen LogP contribution in [0.4, 0.5) is 10.5 Å². The van der Waals surface area contributed by atoms with Crippen LogP contribution in [-0.2, 0) is 4.74 Å². The molecule has 5 heteroatoms. The van der Waals surface area contributed by atoms with Crippen LogP contribution in [0.3, 0.4) is 0 Å². The lowest BCUT2D eigenvalue weighted by molar-refractivity contribution is -0.0289. The summed E-state index contributed by atoms with van der Waals surface area (Å²) < 4.78 is 11.0. The molecule has 3 fully saturated rings. The number of nitrogens with one attached hydrogen (secondary N) is 1. The van der Waals surface area contributed by atoms with Gasteiger partial charge in [-0.3, -0.25) is 10.2 Å². The van der Waals surface area contributed by atoms with Crippen LogP contribution in [0.25, 0.3) is 11.1 Å². The summed E-state index contributed by atoms with van der Waals surface area (Å²) in [6.07, 6.45) is 1.90. The highest BCUT2D eigenvalue weighted by Crippen LogP contribution is 2.30. The quantitative estimate of drug-likeness (QED) is 0.903. The van der Waals surface area contributed by atoms with E-state index in [9.17, 15) is 4.79 Å². The van der Waals surface area contributed by atoms with Crippen molar-refractivity contribution in [2.24, 2.45) is 5.92 Å². The number of amides is 1. The Morgan fingerprint density at radius 1 is 1.08 bits per heavy atom. The smallest absolute Gasteiger partial charge is 0.411 e. The van der Waals surface area contributed by atoms with Gasteiger partial charge in [-0.15, -0.1) is 0 Å². The zero-order valence-corrected chi connectivity index (χ0v) is 15.0. The minimum absolute atomic E-state index is 0.0130. The van der Waals surface area contributed by atoms with Gasteiger partial charge in [-0.2, -0.15) is 0 Å². The highest BCUT2D eigenvalue weighted by molar-refractivity contribution is 5.86. The summed E-state index contributed by atoms with van der Waals surface area (Å²) in [5.74, 6) is 1.32. The fourth-order valence-electron chi connectivity index (χ4n) is 3.91. The van der Waals surface area contributed by atoms with Crippen molar-refractivity contribution >= 4 is 11.8 Å². The van der Waals surface area contributed by atoms with E-state index in [1.54, 1.807) is 7.11 Å². The number of nitrogens with zero attached hydrogens (tertiary/aromatic N) is 1. The average Bonchev–Trinajstić information content (AvgIpc) is 2.69. The Hall–Kier alpha value is -2.53. The van der Waals surface area contributed by atoms with Gasteiger partial charge in [-0.25, -0.2) is 4.79 Å². The first-order chi connectivity index (χ1) is 12.7. The van der Waals surface area contributed by atoms with Crippen molar-refractivity contribution in [2.45, 2.75) is 18.9 Å². The van der Waals surface area contributed by atoms with Crippen molar-refractivity contribution in [1.82, 2.24) is 4.90 Å². The van der Waals surface area contributed by atoms with Gasteiger partial charge in [0.15, 0.2) is 0 Å². The molecule has 1 amide bonds. The lowest BCUT2D eigenvalue weighted by Crippen LogP contribution is -2.52. The molecular formula is C21H24N2O3. The van der Waals surface area contributed by atoms with Gasteiger partial charge in [0, 0.05) is 12.2 Å². The molecule has 2 aromatic rings. The summed E-state index contributed by atoms with van der Waals surface area (Å²) in [5, 5.41) is 2.88. The van der Waals surface area contributed by atoms with Crippen LogP contribution in [0, 0.1) is 5.92 Å². The zero-order valence-electron chi connectivity index (χ0n) is 15.0. The van der Waals surface area contributed by atoms with Crippen molar-refractivity contribution < 1.29 is 14.3 Å². The second-order valence-electron chi connectivity index (χ2n) is 7.02. The molecule has 3 heterocycles. The SMILES string of the molecule is COc1cccc(-c2cccc(NC(=O)OC3CN4CCC3CC4)c2)c1. The summed E-state index contributed by atoms with van der Waals surface area (Å²) in [4.78, 5) is 14.7. The monoisotopic (exact) mass is 352 g/mol. The number of benzene rings is 2. The molecule has 0 spiro atoms. The van der Waals surface area contributed by atoms with Gasteiger partial charge in [0.2, 0.25) is 0 Å². The predicted molar refractivity (Wildman–Crippen MR) is 101 cm³/mol. The summed E-state index contributed by atoms with van der Waals surface area (Å²) in [6.45, 7) is 3.13. The number of carbonyl (C=O) groups excluding carboxylic acids is 1. The van der Waals surface area contributed by atoms with E-state index in [1.165, 1.54) is 0 Å². The maximum Gasteiger partial charge on any atom is 0.411 e. The number of carbonyl (C=O) groups is 1. The molecule has 1 atom stereocenters. The Morgan fingerprint density at radius 2 is 1.81 bits per heavy atom. The maximum absolute atomic E-state index is 12.3. The Morgan fingerprint density at radius 3 is 2.50 bits per heavy atom. The van der Waals surface area contributed by atoms with Crippen molar-refractivity contribution in [2.75, 3.05) is 32.1 Å². The molecule has 136 valence electrons. The minimum Gasteiger partial charge on any atom is -0.497 e. The van der Waals surface area contributed by atoms with Crippen LogP contribution < -0.4 is 10.1 Å². The van der Waals surface area contributed by atoms with Crippen LogP contribution in [0.2, 0.25) is 0 Å². The third-order valence-electron chi connectivity index (χ3n) is 5.37. The average molecular weight is 352 g/mol. The topological polar surface area (TPSA) is 50.8 Å². The van der Waals surface area contributed by atoms with Crippen LogP contribution in [0.1, 0.15) is 12.8 Å². The van der Waals surface area contributed by atoms with Gasteiger partial charge in [0.25, 0.3) is 0 Å². The highest BCUT2D eigenvalue weighted by Gasteiger charge is 2.36. The van der Waals surface area contributed by atoms with Gasteiger partial charge in [0.05, 0.1) is 7.11 Å². The second-order valence-corrected chi connectivity index (χ2v) is 7.02. The Balaban J connectivity index is 1.42. The molecule has 5 nitrogen and oxygen atoms in total. The molecule has 2 bridgehead atoms. The molecule has 0 radical (unpaired) electrons. The first kappa shape index (κ1) is 16.9. The van der Waals surface area contributed by atoms with E-state index in [2.05, 4.69) is 10.2 Å². The lowest BCUT2D eigenvalue weighted by Gasteiger charge is -2.43. The fraction of sp³-hybridized carbons (Fsp3) is 0.381. The number of ether oxygens (including phenoxy) is 2. The van der Waals surface area contributed by atoms with Crippen molar-refractivity contribution in [3.05, 3.63) is 48.5 Å². The number of fused-ring (bicyclic) bond motifs is 3. The lowest BCUT2D eigenvalue weighted by atomic mass is 9.86. The normalized spacial score (nSPS) is 24.1. The van der Waals surface area contributed by atoms with Crippen LogP contribution >= 0.6 is 0 Å². The molecule has 1 N–H and O–H groups in total. The van der Waals surface area contributed by atoms with Crippen molar-refractivity contribution in [3.8, 4) is 16.9 Å². The molecule has 3 aliphatic rings. The molecule has 5 rings (SSSR count). The number of anilines is 1. The van der Waals surface area contributed by atoms with Crippen LogP contribution in [0.15, 0.2) is 48.5 Å². The molecule has 3 aliphatic heterocycles. The Bertz CT molecular complexity index is 784. The molecule has 1 unspecified atom stereocenters. The van der Waals surface area contributed by atoms with Crippen molar-refractivity contribution in [3.63, 3.8) is 0 Å². The third kappa shape index (κ3) is 3.68. The molecule has 0 aliphatic carbocycles. The Kier molecular flexibility index (Phi) is 4.80. The zero-order chi connectivity index (χ0) is 17.9. The minimum atomic E-state index is -0.369. The highest BCUT2D eigenvalue weighted by atomic mass is 16.6. The molecule has 0 saturated carbocycles. The molecular weight excluding hydrogens is 328 g/mol. The van der Waals surface area contributed by atoms with Crippen LogP contribution in [0.5, 0.6) is 5.75 Å². The van der Waals surface area contributed by atoms with E-state index in [-0.39, 0.29) is 12.2 Å². The van der Waals surface area contributed by atoms with E-state index in [0.717, 1.165) is 55.0 Å². The maximum atomic E-state index is 12.3. The van der Waals surface area contributed by atoms with Gasteiger partial charge >= 0.3 is 6.09 Å². The number of hydrogen-bond acceptors (Lipinski definition) is 4. The predicted octanol–water partition coefficient (Wildman–Crippen LogP) is 4.00. The largest absolute Gasteiger partial charge is 0.497 e. The number of piperidine rings is 3. The molecule has 0 aromatic heterocycles. The number of hydrogen-bond donors (Lipinski definition) is 1. The first-order valence-electron chi connectivity index (χ1n) is 9.16. The molecule has 2 aromatic carbocycles. The van der Waals surface area contributed by atoms with E-state index >= 15 is 0 Å². The Labute approximate surface area is 153 Å². The first-order valence-corrected chi connectivity index (χ1v) is 9.16. The number of rotatable bonds is 4. The number of methoxy groups -OCH3 is 1. The molecule has 26 heavy (non-hydrogen) atoms. The van der Waals surface area contributed by atoms with Crippen molar-refractivity contribution in [1.29, 1.82) is 0 Å². The summed E-state index contributed by atoms with van der Waals surface area (Å²) >= 11 is 0. The van der Waals surface area contributed by atoms with Gasteiger partial charge < -0.3 is 9.47 Å².